The molecule has 1 aromatic carbocycles. The third kappa shape index (κ3) is 3.50. The van der Waals surface area contributed by atoms with E-state index in [1.807, 2.05) is 23.5 Å². The average Bonchev–Trinajstić information content (AvgIpc) is 2.78. The smallest absolute Gasteiger partial charge is 0.0453 e. The Labute approximate surface area is 119 Å². The number of rotatable bonds is 4. The van der Waals surface area contributed by atoms with Crippen molar-refractivity contribution in [2.45, 2.75) is 24.0 Å². The van der Waals surface area contributed by atoms with Crippen molar-refractivity contribution < 1.29 is 0 Å². The van der Waals surface area contributed by atoms with Crippen LogP contribution in [0.25, 0.3) is 0 Å². The molecule has 2 rings (SSSR count). The molecule has 0 bridgehead atoms. The molecule has 0 atom stereocenters. The first kappa shape index (κ1) is 13.0. The summed E-state index contributed by atoms with van der Waals surface area (Å²) in [6.45, 7) is 2.19. The van der Waals surface area contributed by atoms with E-state index in [4.69, 9.17) is 5.73 Å². The van der Waals surface area contributed by atoms with Gasteiger partial charge >= 0.3 is 0 Å². The molecule has 0 fully saturated rings. The number of hydrogen-bond donors (Lipinski definition) is 1. The molecule has 4 heteroatoms. The number of halogens is 1. The van der Waals surface area contributed by atoms with Gasteiger partial charge in [0.05, 0.1) is 0 Å². The topological polar surface area (TPSA) is 26.0 Å². The molecule has 1 heterocycles. The molecular weight excluding hydrogens is 314 g/mol. The Bertz CT molecular complexity index is 508. The number of thioether (sulfide) groups is 1. The van der Waals surface area contributed by atoms with E-state index in [2.05, 4.69) is 41.1 Å². The van der Waals surface area contributed by atoms with Gasteiger partial charge in [0.15, 0.2) is 0 Å². The number of hydrogen-bond acceptors (Lipinski definition) is 3. The Kier molecular flexibility index (Phi) is 4.54. The van der Waals surface area contributed by atoms with Gasteiger partial charge in [-0.15, -0.1) is 23.1 Å². The number of nitrogens with two attached hydrogens (primary N) is 1. The molecule has 0 aliphatic rings. The van der Waals surface area contributed by atoms with E-state index < -0.39 is 0 Å². The van der Waals surface area contributed by atoms with Crippen LogP contribution in [0.2, 0.25) is 0 Å². The van der Waals surface area contributed by atoms with Gasteiger partial charge in [-0.1, -0.05) is 22.9 Å². The zero-order chi connectivity index (χ0) is 12.3. The molecule has 0 saturated carbocycles. The molecule has 90 valence electrons. The first-order chi connectivity index (χ1) is 8.19. The molecule has 0 saturated heterocycles. The maximum atomic E-state index is 5.95. The second-order valence-corrected chi connectivity index (χ2v) is 6.88. The number of thiophene rings is 1. The van der Waals surface area contributed by atoms with E-state index in [1.54, 1.807) is 11.8 Å². The summed E-state index contributed by atoms with van der Waals surface area (Å²) in [5.41, 5.74) is 6.80. The zero-order valence-electron chi connectivity index (χ0n) is 9.57. The van der Waals surface area contributed by atoms with Crippen molar-refractivity contribution in [2.75, 3.05) is 5.73 Å². The van der Waals surface area contributed by atoms with E-state index >= 15 is 0 Å². The summed E-state index contributed by atoms with van der Waals surface area (Å²) < 4.78 is 1.08. The minimum absolute atomic E-state index is 0.852. The zero-order valence-corrected chi connectivity index (χ0v) is 12.8. The van der Waals surface area contributed by atoms with E-state index in [9.17, 15) is 0 Å². The minimum atomic E-state index is 0.852. The van der Waals surface area contributed by atoms with Crippen LogP contribution >= 0.6 is 39.0 Å². The standard InChI is InChI=1S/C13H14BrNS2/c1-2-10-4-5-11(17-10)8-16-13-7-9(14)3-6-12(13)15/h3-7H,2,8,15H2,1H3. The monoisotopic (exact) mass is 327 g/mol. The molecular formula is C13H14BrNS2. The fraction of sp³-hybridized carbons (Fsp3) is 0.231. The highest BCUT2D eigenvalue weighted by Gasteiger charge is 2.03. The van der Waals surface area contributed by atoms with Gasteiger partial charge in [0.2, 0.25) is 0 Å². The summed E-state index contributed by atoms with van der Waals surface area (Å²) in [5, 5.41) is 0. The highest BCUT2D eigenvalue weighted by atomic mass is 79.9. The third-order valence-corrected chi connectivity index (χ3v) is 5.44. The maximum absolute atomic E-state index is 5.95. The van der Waals surface area contributed by atoms with E-state index in [0.29, 0.717) is 0 Å². The molecule has 0 spiro atoms. The molecule has 2 N–H and O–H groups in total. The van der Waals surface area contributed by atoms with E-state index in [1.165, 1.54) is 9.75 Å². The van der Waals surface area contributed by atoms with Crippen molar-refractivity contribution >= 4 is 44.7 Å². The van der Waals surface area contributed by atoms with Crippen molar-refractivity contribution in [3.63, 3.8) is 0 Å². The second-order valence-electron chi connectivity index (χ2n) is 3.69. The number of aryl methyl sites for hydroxylation is 1. The van der Waals surface area contributed by atoms with Crippen LogP contribution in [-0.2, 0) is 12.2 Å². The van der Waals surface area contributed by atoms with Gasteiger partial charge in [-0.2, -0.15) is 0 Å². The summed E-state index contributed by atoms with van der Waals surface area (Å²) in [6.07, 6.45) is 1.12. The Morgan fingerprint density at radius 1 is 1.24 bits per heavy atom. The molecule has 1 nitrogen and oxygen atoms in total. The number of nitrogen functional groups attached to an aromatic ring is 1. The van der Waals surface area contributed by atoms with Crippen LogP contribution in [0.4, 0.5) is 5.69 Å². The number of benzene rings is 1. The average molecular weight is 328 g/mol. The van der Waals surface area contributed by atoms with Crippen molar-refractivity contribution in [3.05, 3.63) is 44.6 Å². The van der Waals surface area contributed by atoms with Crippen LogP contribution in [0.15, 0.2) is 39.7 Å². The fourth-order valence-electron chi connectivity index (χ4n) is 1.47. The van der Waals surface area contributed by atoms with Crippen molar-refractivity contribution in [1.82, 2.24) is 0 Å². The van der Waals surface area contributed by atoms with Crippen LogP contribution in [0.1, 0.15) is 16.7 Å². The van der Waals surface area contributed by atoms with Gasteiger partial charge in [-0.3, -0.25) is 0 Å². The Morgan fingerprint density at radius 3 is 2.71 bits per heavy atom. The first-order valence-electron chi connectivity index (χ1n) is 5.44. The lowest BCUT2D eigenvalue weighted by Crippen LogP contribution is -1.88. The van der Waals surface area contributed by atoms with Gasteiger partial charge in [0.25, 0.3) is 0 Å². The quantitative estimate of drug-likeness (QED) is 0.635. The van der Waals surface area contributed by atoms with Crippen LogP contribution < -0.4 is 5.73 Å². The SMILES string of the molecule is CCc1ccc(CSc2cc(Br)ccc2N)s1. The maximum Gasteiger partial charge on any atom is 0.0453 e. The molecule has 2 aromatic rings. The summed E-state index contributed by atoms with van der Waals surface area (Å²) in [4.78, 5) is 4.00. The van der Waals surface area contributed by atoms with Crippen molar-refractivity contribution in [1.29, 1.82) is 0 Å². The van der Waals surface area contributed by atoms with Gasteiger partial charge in [0, 0.05) is 30.6 Å². The molecule has 0 aliphatic heterocycles. The van der Waals surface area contributed by atoms with Gasteiger partial charge in [0.1, 0.15) is 0 Å². The van der Waals surface area contributed by atoms with Gasteiger partial charge < -0.3 is 5.73 Å². The summed E-state index contributed by atoms with van der Waals surface area (Å²) in [7, 11) is 0. The summed E-state index contributed by atoms with van der Waals surface area (Å²) in [6, 6.07) is 10.4. The Hall–Kier alpha value is -0.450. The van der Waals surface area contributed by atoms with E-state index in [-0.39, 0.29) is 0 Å². The van der Waals surface area contributed by atoms with Gasteiger partial charge in [-0.25, -0.2) is 0 Å². The lowest BCUT2D eigenvalue weighted by atomic mass is 10.3. The summed E-state index contributed by atoms with van der Waals surface area (Å²) in [5.74, 6) is 0.991. The van der Waals surface area contributed by atoms with Crippen LogP contribution in [0, 0.1) is 0 Å². The predicted molar refractivity (Wildman–Crippen MR) is 81.8 cm³/mol. The largest absolute Gasteiger partial charge is 0.398 e. The minimum Gasteiger partial charge on any atom is -0.398 e. The van der Waals surface area contributed by atoms with Crippen LogP contribution in [0.3, 0.4) is 0 Å². The molecule has 17 heavy (non-hydrogen) atoms. The third-order valence-electron chi connectivity index (χ3n) is 2.41. The fourth-order valence-corrected chi connectivity index (χ4v) is 3.99. The van der Waals surface area contributed by atoms with Crippen LogP contribution in [0.5, 0.6) is 0 Å². The van der Waals surface area contributed by atoms with Crippen molar-refractivity contribution in [2.24, 2.45) is 0 Å². The molecule has 0 aliphatic carbocycles. The predicted octanol–water partition coefficient (Wildman–Crippen LogP) is 4.95. The van der Waals surface area contributed by atoms with Crippen LogP contribution in [-0.4, -0.2) is 0 Å². The molecule has 0 radical (unpaired) electrons. The molecule has 0 amide bonds. The lowest BCUT2D eigenvalue weighted by molar-refractivity contribution is 1.19. The van der Waals surface area contributed by atoms with Crippen molar-refractivity contribution in [3.8, 4) is 0 Å². The second kappa shape index (κ2) is 5.94. The lowest BCUT2D eigenvalue weighted by Gasteiger charge is -2.04. The van der Waals surface area contributed by atoms with Gasteiger partial charge in [-0.05, 0) is 36.8 Å². The first-order valence-corrected chi connectivity index (χ1v) is 8.04. The molecule has 1 aromatic heterocycles. The highest BCUT2D eigenvalue weighted by Crippen LogP contribution is 2.32. The highest BCUT2D eigenvalue weighted by molar-refractivity contribution is 9.10. The van der Waals surface area contributed by atoms with E-state index in [0.717, 1.165) is 27.2 Å². The molecule has 0 unspecified atom stereocenters. The normalized spacial score (nSPS) is 10.7. The Morgan fingerprint density at radius 2 is 2.00 bits per heavy atom. The number of anilines is 1. The Balaban J connectivity index is 2.04. The summed E-state index contributed by atoms with van der Waals surface area (Å²) >= 11 is 7.15.